The summed E-state index contributed by atoms with van der Waals surface area (Å²) in [5, 5.41) is 3.00. The van der Waals surface area contributed by atoms with E-state index in [9.17, 15) is 9.59 Å². The van der Waals surface area contributed by atoms with Crippen LogP contribution in [0.3, 0.4) is 0 Å². The molecule has 1 aromatic carbocycles. The van der Waals surface area contributed by atoms with Crippen molar-refractivity contribution in [1.82, 2.24) is 10.2 Å². The number of benzene rings is 1. The lowest BCUT2D eigenvalue weighted by atomic mass is 10.2. The SMILES string of the molecule is CC[C@H](C)NC(=O)C[NH+]1CCN(C(=O)c2ccccc2)CC1. The fraction of sp³-hybridized carbons (Fsp3) is 0.529. The summed E-state index contributed by atoms with van der Waals surface area (Å²) >= 11 is 0. The maximum Gasteiger partial charge on any atom is 0.275 e. The topological polar surface area (TPSA) is 53.9 Å². The highest BCUT2D eigenvalue weighted by Crippen LogP contribution is 2.04. The Morgan fingerprint density at radius 2 is 1.86 bits per heavy atom. The molecule has 1 aliphatic heterocycles. The first-order chi connectivity index (χ1) is 10.6. The highest BCUT2D eigenvalue weighted by molar-refractivity contribution is 5.94. The smallest absolute Gasteiger partial charge is 0.275 e. The number of hydrogen-bond donors (Lipinski definition) is 2. The molecule has 0 radical (unpaired) electrons. The Labute approximate surface area is 132 Å². The van der Waals surface area contributed by atoms with Crippen molar-refractivity contribution in [3.8, 4) is 0 Å². The number of quaternary nitrogens is 1. The second-order valence-corrected chi connectivity index (χ2v) is 5.96. The van der Waals surface area contributed by atoms with Crippen molar-refractivity contribution in [3.63, 3.8) is 0 Å². The fourth-order valence-corrected chi connectivity index (χ4v) is 2.62. The lowest BCUT2D eigenvalue weighted by Crippen LogP contribution is -3.15. The van der Waals surface area contributed by atoms with Crippen molar-refractivity contribution in [2.24, 2.45) is 0 Å². The van der Waals surface area contributed by atoms with Gasteiger partial charge < -0.3 is 15.1 Å². The van der Waals surface area contributed by atoms with E-state index >= 15 is 0 Å². The van der Waals surface area contributed by atoms with Crippen molar-refractivity contribution >= 4 is 11.8 Å². The Morgan fingerprint density at radius 1 is 1.23 bits per heavy atom. The monoisotopic (exact) mass is 304 g/mol. The Hall–Kier alpha value is -1.88. The number of nitrogens with one attached hydrogen (secondary N) is 2. The van der Waals surface area contributed by atoms with Gasteiger partial charge in [0, 0.05) is 11.6 Å². The molecule has 1 heterocycles. The first-order valence-electron chi connectivity index (χ1n) is 8.07. The average molecular weight is 304 g/mol. The van der Waals surface area contributed by atoms with Gasteiger partial charge >= 0.3 is 0 Å². The molecule has 5 nitrogen and oxygen atoms in total. The van der Waals surface area contributed by atoms with Crippen molar-refractivity contribution in [2.45, 2.75) is 26.3 Å². The quantitative estimate of drug-likeness (QED) is 0.801. The van der Waals surface area contributed by atoms with Gasteiger partial charge in [0.15, 0.2) is 6.54 Å². The van der Waals surface area contributed by atoms with Crippen LogP contribution in [0.25, 0.3) is 0 Å². The number of hydrogen-bond acceptors (Lipinski definition) is 2. The van der Waals surface area contributed by atoms with Gasteiger partial charge in [-0.05, 0) is 25.5 Å². The summed E-state index contributed by atoms with van der Waals surface area (Å²) in [6, 6.07) is 9.60. The van der Waals surface area contributed by atoms with E-state index in [0.717, 1.165) is 25.1 Å². The molecule has 0 saturated carbocycles. The molecule has 1 aliphatic rings. The molecular formula is C17H26N3O2+. The maximum atomic E-state index is 12.4. The van der Waals surface area contributed by atoms with E-state index in [1.54, 1.807) is 0 Å². The summed E-state index contributed by atoms with van der Waals surface area (Å²) in [4.78, 5) is 27.4. The first kappa shape index (κ1) is 16.5. The summed E-state index contributed by atoms with van der Waals surface area (Å²) < 4.78 is 0. The van der Waals surface area contributed by atoms with E-state index in [0.29, 0.717) is 19.6 Å². The van der Waals surface area contributed by atoms with Gasteiger partial charge in [-0.3, -0.25) is 9.59 Å². The molecule has 1 aromatic rings. The Morgan fingerprint density at radius 3 is 2.45 bits per heavy atom. The lowest BCUT2D eigenvalue weighted by Gasteiger charge is -2.32. The minimum Gasteiger partial charge on any atom is -0.349 e. The molecule has 5 heteroatoms. The molecule has 0 bridgehead atoms. The number of carbonyl (C=O) groups is 2. The molecule has 120 valence electrons. The van der Waals surface area contributed by atoms with Gasteiger partial charge in [-0.25, -0.2) is 0 Å². The summed E-state index contributed by atoms with van der Waals surface area (Å²) in [6.45, 7) is 7.64. The zero-order valence-electron chi connectivity index (χ0n) is 13.5. The standard InChI is InChI=1S/C17H25N3O2/c1-3-14(2)18-16(21)13-19-9-11-20(12-10-19)17(22)15-7-5-4-6-8-15/h4-8,14H,3,9-13H2,1-2H3,(H,18,21)/p+1/t14-/m0/s1. The van der Waals surface area contributed by atoms with Gasteiger partial charge in [0.25, 0.3) is 11.8 Å². The molecule has 0 aliphatic carbocycles. The normalized spacial score (nSPS) is 17.1. The molecule has 1 saturated heterocycles. The first-order valence-corrected chi connectivity index (χ1v) is 8.07. The molecule has 1 atom stereocenters. The van der Waals surface area contributed by atoms with E-state index in [1.165, 1.54) is 4.90 Å². The number of carbonyl (C=O) groups excluding carboxylic acids is 2. The van der Waals surface area contributed by atoms with E-state index in [-0.39, 0.29) is 17.9 Å². The van der Waals surface area contributed by atoms with E-state index in [1.807, 2.05) is 42.2 Å². The molecule has 2 rings (SSSR count). The van der Waals surface area contributed by atoms with Crippen molar-refractivity contribution in [2.75, 3.05) is 32.7 Å². The van der Waals surface area contributed by atoms with Crippen LogP contribution in [-0.2, 0) is 4.79 Å². The van der Waals surface area contributed by atoms with Crippen LogP contribution in [0.4, 0.5) is 0 Å². The third kappa shape index (κ3) is 4.56. The predicted molar refractivity (Wildman–Crippen MR) is 85.8 cm³/mol. The van der Waals surface area contributed by atoms with Crippen molar-refractivity contribution < 1.29 is 14.5 Å². The van der Waals surface area contributed by atoms with Crippen LogP contribution in [-0.4, -0.2) is 55.5 Å². The van der Waals surface area contributed by atoms with Crippen LogP contribution < -0.4 is 10.2 Å². The Bertz CT molecular complexity index is 496. The van der Waals surface area contributed by atoms with Crippen LogP contribution in [0.1, 0.15) is 30.6 Å². The van der Waals surface area contributed by atoms with Gasteiger partial charge in [0.2, 0.25) is 0 Å². The van der Waals surface area contributed by atoms with E-state index < -0.39 is 0 Å². The number of rotatable bonds is 5. The highest BCUT2D eigenvalue weighted by atomic mass is 16.2. The van der Waals surface area contributed by atoms with Crippen LogP contribution in [0.5, 0.6) is 0 Å². The highest BCUT2D eigenvalue weighted by Gasteiger charge is 2.25. The van der Waals surface area contributed by atoms with E-state index in [4.69, 9.17) is 0 Å². The summed E-state index contributed by atoms with van der Waals surface area (Å²) in [7, 11) is 0. The Balaban J connectivity index is 1.78. The summed E-state index contributed by atoms with van der Waals surface area (Å²) in [6.07, 6.45) is 0.945. The number of amides is 2. The minimum absolute atomic E-state index is 0.0868. The van der Waals surface area contributed by atoms with Gasteiger partial charge in [-0.1, -0.05) is 25.1 Å². The second-order valence-electron chi connectivity index (χ2n) is 5.96. The fourth-order valence-electron chi connectivity index (χ4n) is 2.62. The minimum atomic E-state index is 0.0868. The predicted octanol–water partition coefficient (Wildman–Crippen LogP) is -0.0580. The van der Waals surface area contributed by atoms with Crippen LogP contribution in [0.2, 0.25) is 0 Å². The molecule has 0 spiro atoms. The van der Waals surface area contributed by atoms with E-state index in [2.05, 4.69) is 12.2 Å². The third-order valence-electron chi connectivity index (χ3n) is 4.21. The molecule has 2 amide bonds. The van der Waals surface area contributed by atoms with Gasteiger partial charge in [-0.2, -0.15) is 0 Å². The third-order valence-corrected chi connectivity index (χ3v) is 4.21. The van der Waals surface area contributed by atoms with Crippen LogP contribution in [0.15, 0.2) is 30.3 Å². The molecule has 1 fully saturated rings. The summed E-state index contributed by atoms with van der Waals surface area (Å²) in [5.74, 6) is 0.191. The molecule has 22 heavy (non-hydrogen) atoms. The van der Waals surface area contributed by atoms with Gasteiger partial charge in [0.05, 0.1) is 26.2 Å². The van der Waals surface area contributed by atoms with Gasteiger partial charge in [0.1, 0.15) is 0 Å². The van der Waals surface area contributed by atoms with Gasteiger partial charge in [-0.15, -0.1) is 0 Å². The molecular weight excluding hydrogens is 278 g/mol. The zero-order valence-corrected chi connectivity index (χ0v) is 13.5. The summed E-state index contributed by atoms with van der Waals surface area (Å²) in [5.41, 5.74) is 0.737. The zero-order chi connectivity index (χ0) is 15.9. The van der Waals surface area contributed by atoms with Crippen molar-refractivity contribution in [3.05, 3.63) is 35.9 Å². The maximum absolute atomic E-state index is 12.4. The molecule has 2 N–H and O–H groups in total. The Kier molecular flexibility index (Phi) is 5.95. The lowest BCUT2D eigenvalue weighted by molar-refractivity contribution is -0.896. The average Bonchev–Trinajstić information content (AvgIpc) is 2.55. The molecule has 0 aromatic heterocycles. The molecule has 0 unspecified atom stereocenters. The second kappa shape index (κ2) is 7.94. The number of piperazine rings is 1. The van der Waals surface area contributed by atoms with Crippen molar-refractivity contribution in [1.29, 1.82) is 0 Å². The van der Waals surface area contributed by atoms with Crippen LogP contribution in [0, 0.1) is 0 Å². The number of nitrogens with zero attached hydrogens (tertiary/aromatic N) is 1. The largest absolute Gasteiger partial charge is 0.349 e. The van der Waals surface area contributed by atoms with Crippen LogP contribution >= 0.6 is 0 Å².